The molecule has 8 heteroatoms. The highest BCUT2D eigenvalue weighted by molar-refractivity contribution is 6.42. The first kappa shape index (κ1) is 23.3. The molecule has 1 N–H and O–H groups in total. The summed E-state index contributed by atoms with van der Waals surface area (Å²) in [7, 11) is 0. The van der Waals surface area contributed by atoms with Crippen LogP contribution in [-0.2, 0) is 16.0 Å². The number of hydrogen-bond donors (Lipinski definition) is 1. The summed E-state index contributed by atoms with van der Waals surface area (Å²) in [5.74, 6) is -0.185. The van der Waals surface area contributed by atoms with Crippen LogP contribution in [0.15, 0.2) is 42.5 Å². The van der Waals surface area contributed by atoms with Gasteiger partial charge in [-0.1, -0.05) is 35.3 Å². The minimum Gasteiger partial charge on any atom is -0.490 e. The predicted molar refractivity (Wildman–Crippen MR) is 110 cm³/mol. The standard InChI is InChI=1S/C21H23Cl2FO5/c1-13(2)29-20(21(25)26)9-14-4-3-5-16(8-14)27-11-15(24)12-28-17-6-7-18(22)19(23)10-17/h3-8,10,13,15,20H,9,11-12H2,1-2H3,(H,25,26)/t15-,20+/m1/s1. The number of ether oxygens (including phenoxy) is 3. The number of halogens is 3. The van der Waals surface area contributed by atoms with Gasteiger partial charge in [0.15, 0.2) is 12.3 Å². The maximum Gasteiger partial charge on any atom is 0.333 e. The maximum atomic E-state index is 14.1. The molecule has 0 aliphatic carbocycles. The summed E-state index contributed by atoms with van der Waals surface area (Å²) >= 11 is 11.7. The smallest absolute Gasteiger partial charge is 0.333 e. The summed E-state index contributed by atoms with van der Waals surface area (Å²) in [5, 5.41) is 10.00. The molecule has 29 heavy (non-hydrogen) atoms. The molecule has 5 nitrogen and oxygen atoms in total. The van der Waals surface area contributed by atoms with Gasteiger partial charge in [-0.2, -0.15) is 0 Å². The number of carbonyl (C=O) groups is 1. The van der Waals surface area contributed by atoms with Gasteiger partial charge in [-0.3, -0.25) is 0 Å². The van der Waals surface area contributed by atoms with Gasteiger partial charge in [0.25, 0.3) is 0 Å². The summed E-state index contributed by atoms with van der Waals surface area (Å²) in [5.41, 5.74) is 0.720. The van der Waals surface area contributed by atoms with Crippen molar-refractivity contribution in [2.24, 2.45) is 0 Å². The molecule has 2 aromatic rings. The van der Waals surface area contributed by atoms with Crippen molar-refractivity contribution in [2.75, 3.05) is 13.2 Å². The molecule has 0 radical (unpaired) electrons. The number of aliphatic carboxylic acids is 1. The highest BCUT2D eigenvalue weighted by Crippen LogP contribution is 2.26. The van der Waals surface area contributed by atoms with Gasteiger partial charge < -0.3 is 19.3 Å². The molecule has 0 fully saturated rings. The third-order valence-electron chi connectivity index (χ3n) is 3.78. The summed E-state index contributed by atoms with van der Waals surface area (Å²) in [4.78, 5) is 11.3. The van der Waals surface area contributed by atoms with E-state index in [0.717, 1.165) is 5.56 Å². The van der Waals surface area contributed by atoms with Crippen molar-refractivity contribution in [1.29, 1.82) is 0 Å². The monoisotopic (exact) mass is 444 g/mol. The van der Waals surface area contributed by atoms with E-state index < -0.39 is 18.2 Å². The minimum atomic E-state index is -1.37. The van der Waals surface area contributed by atoms with Crippen molar-refractivity contribution in [3.63, 3.8) is 0 Å². The van der Waals surface area contributed by atoms with E-state index in [1.807, 2.05) is 0 Å². The lowest BCUT2D eigenvalue weighted by atomic mass is 10.1. The summed E-state index contributed by atoms with van der Waals surface area (Å²) in [6.45, 7) is 3.13. The van der Waals surface area contributed by atoms with Gasteiger partial charge in [-0.05, 0) is 43.7 Å². The molecule has 0 saturated carbocycles. The van der Waals surface area contributed by atoms with Gasteiger partial charge >= 0.3 is 5.97 Å². The van der Waals surface area contributed by atoms with Crippen molar-refractivity contribution >= 4 is 29.2 Å². The van der Waals surface area contributed by atoms with E-state index in [-0.39, 0.29) is 25.7 Å². The van der Waals surface area contributed by atoms with Crippen LogP contribution < -0.4 is 9.47 Å². The lowest BCUT2D eigenvalue weighted by molar-refractivity contribution is -0.153. The predicted octanol–water partition coefficient (Wildman–Crippen LogP) is 5.21. The van der Waals surface area contributed by atoms with Gasteiger partial charge in [0, 0.05) is 12.5 Å². The lowest BCUT2D eigenvalue weighted by Gasteiger charge is -2.17. The Hall–Kier alpha value is -2.02. The Bertz CT molecular complexity index is 815. The molecule has 0 heterocycles. The van der Waals surface area contributed by atoms with Crippen LogP contribution >= 0.6 is 23.2 Å². The van der Waals surface area contributed by atoms with E-state index in [1.165, 1.54) is 6.07 Å². The van der Waals surface area contributed by atoms with Crippen molar-refractivity contribution in [3.8, 4) is 11.5 Å². The van der Waals surface area contributed by atoms with E-state index in [9.17, 15) is 14.3 Å². The Labute approximate surface area is 179 Å². The molecule has 2 atom stereocenters. The molecule has 0 amide bonds. The number of carboxylic acids is 1. The molecule has 0 unspecified atom stereocenters. The van der Waals surface area contributed by atoms with E-state index in [4.69, 9.17) is 37.4 Å². The van der Waals surface area contributed by atoms with Crippen LogP contribution in [-0.4, -0.2) is 42.7 Å². The second kappa shape index (κ2) is 11.2. The minimum absolute atomic E-state index is 0.185. The van der Waals surface area contributed by atoms with Crippen molar-refractivity contribution < 1.29 is 28.5 Å². The quantitative estimate of drug-likeness (QED) is 0.515. The first-order chi connectivity index (χ1) is 13.7. The fourth-order valence-corrected chi connectivity index (χ4v) is 2.77. The summed E-state index contributed by atoms with van der Waals surface area (Å²) in [6, 6.07) is 11.5. The summed E-state index contributed by atoms with van der Waals surface area (Å²) in [6.07, 6.45) is -2.36. The summed E-state index contributed by atoms with van der Waals surface area (Å²) < 4.78 is 30.3. The second-order valence-corrected chi connectivity index (χ2v) is 7.47. The zero-order chi connectivity index (χ0) is 21.4. The molecule has 0 aromatic heterocycles. The van der Waals surface area contributed by atoms with Crippen LogP contribution in [0, 0.1) is 0 Å². The fraction of sp³-hybridized carbons (Fsp3) is 0.381. The Balaban J connectivity index is 1.86. The molecule has 0 bridgehead atoms. The number of rotatable bonds is 11. The van der Waals surface area contributed by atoms with Crippen molar-refractivity contribution in [1.82, 2.24) is 0 Å². The van der Waals surface area contributed by atoms with Crippen LogP contribution in [0.25, 0.3) is 0 Å². The average molecular weight is 445 g/mol. The normalized spacial score (nSPS) is 13.2. The fourth-order valence-electron chi connectivity index (χ4n) is 2.49. The molecule has 0 aliphatic rings. The van der Waals surface area contributed by atoms with Gasteiger partial charge in [0.05, 0.1) is 16.1 Å². The first-order valence-electron chi connectivity index (χ1n) is 9.06. The Kier molecular flexibility index (Phi) is 9.01. The van der Waals surface area contributed by atoms with Crippen LogP contribution in [0.5, 0.6) is 11.5 Å². The van der Waals surface area contributed by atoms with Crippen LogP contribution in [0.2, 0.25) is 10.0 Å². The highest BCUT2D eigenvalue weighted by atomic mass is 35.5. The van der Waals surface area contributed by atoms with Gasteiger partial charge in [-0.25, -0.2) is 9.18 Å². The zero-order valence-corrected chi connectivity index (χ0v) is 17.6. The number of carboxylic acid groups (broad SMARTS) is 1. The molecular formula is C21H23Cl2FO5. The third-order valence-corrected chi connectivity index (χ3v) is 4.52. The number of benzene rings is 2. The van der Waals surface area contributed by atoms with Crippen LogP contribution in [0.3, 0.4) is 0 Å². The van der Waals surface area contributed by atoms with Gasteiger partial charge in [0.1, 0.15) is 24.7 Å². The highest BCUT2D eigenvalue weighted by Gasteiger charge is 2.20. The number of alkyl halides is 1. The van der Waals surface area contributed by atoms with Crippen LogP contribution in [0.1, 0.15) is 19.4 Å². The SMILES string of the molecule is CC(C)O[C@@H](Cc1cccc(OC[C@@H](F)COc2ccc(Cl)c(Cl)c2)c1)C(=O)O. The Morgan fingerprint density at radius 3 is 2.28 bits per heavy atom. The largest absolute Gasteiger partial charge is 0.490 e. The van der Waals surface area contributed by atoms with Crippen molar-refractivity contribution in [3.05, 3.63) is 58.1 Å². The molecule has 0 spiro atoms. The maximum absolute atomic E-state index is 14.1. The van der Waals surface area contributed by atoms with E-state index in [0.29, 0.717) is 21.5 Å². The first-order valence-corrected chi connectivity index (χ1v) is 9.82. The van der Waals surface area contributed by atoms with E-state index in [2.05, 4.69) is 0 Å². The lowest BCUT2D eigenvalue weighted by Crippen LogP contribution is -2.29. The van der Waals surface area contributed by atoms with Crippen LogP contribution in [0.4, 0.5) is 4.39 Å². The van der Waals surface area contributed by atoms with Gasteiger partial charge in [-0.15, -0.1) is 0 Å². The molecule has 2 rings (SSSR count). The molecular weight excluding hydrogens is 422 g/mol. The number of hydrogen-bond acceptors (Lipinski definition) is 4. The second-order valence-electron chi connectivity index (χ2n) is 6.66. The van der Waals surface area contributed by atoms with E-state index >= 15 is 0 Å². The van der Waals surface area contributed by atoms with Gasteiger partial charge in [0.2, 0.25) is 0 Å². The Morgan fingerprint density at radius 2 is 1.69 bits per heavy atom. The van der Waals surface area contributed by atoms with E-state index in [1.54, 1.807) is 50.2 Å². The zero-order valence-electron chi connectivity index (χ0n) is 16.1. The topological polar surface area (TPSA) is 65.0 Å². The van der Waals surface area contributed by atoms with Crippen molar-refractivity contribution in [2.45, 2.75) is 38.6 Å². The Morgan fingerprint density at radius 1 is 1.03 bits per heavy atom. The average Bonchev–Trinajstić information content (AvgIpc) is 2.66. The molecule has 2 aromatic carbocycles. The molecule has 158 valence electrons. The molecule has 0 saturated heterocycles. The third kappa shape index (κ3) is 8.09. The molecule has 0 aliphatic heterocycles.